The van der Waals surface area contributed by atoms with Crippen LogP contribution in [0.1, 0.15) is 64.7 Å². The molecule has 1 spiro atoms. The Hall–Kier alpha value is -0.810. The van der Waals surface area contributed by atoms with Gasteiger partial charge >= 0.3 is 6.03 Å². The number of urea groups is 1. The van der Waals surface area contributed by atoms with Crippen molar-refractivity contribution < 1.29 is 14.3 Å². The SMILES string of the molecule is CC1CN(C(=O)NCCCC2CCCCC2)CC2(CCCOC2)O1. The van der Waals surface area contributed by atoms with Gasteiger partial charge in [-0.25, -0.2) is 4.79 Å². The van der Waals surface area contributed by atoms with Gasteiger partial charge in [0, 0.05) is 19.7 Å². The second-order valence-corrected chi connectivity index (χ2v) is 8.03. The van der Waals surface area contributed by atoms with Crippen LogP contribution in [0.5, 0.6) is 0 Å². The number of nitrogens with zero attached hydrogens (tertiary/aromatic N) is 1. The summed E-state index contributed by atoms with van der Waals surface area (Å²) < 4.78 is 11.8. The lowest BCUT2D eigenvalue weighted by molar-refractivity contribution is -0.188. The number of ether oxygens (including phenoxy) is 2. The fourth-order valence-electron chi connectivity index (χ4n) is 4.60. The molecule has 0 aromatic carbocycles. The minimum atomic E-state index is -0.282. The number of carbonyl (C=O) groups is 1. The van der Waals surface area contributed by atoms with Crippen LogP contribution in [0.25, 0.3) is 0 Å². The summed E-state index contributed by atoms with van der Waals surface area (Å²) in [6.45, 7) is 5.61. The monoisotopic (exact) mass is 338 g/mol. The smallest absolute Gasteiger partial charge is 0.317 e. The van der Waals surface area contributed by atoms with E-state index in [0.717, 1.165) is 38.3 Å². The van der Waals surface area contributed by atoms with Gasteiger partial charge in [0.05, 0.1) is 19.3 Å². The molecule has 3 fully saturated rings. The lowest BCUT2D eigenvalue weighted by Crippen LogP contribution is -2.61. The molecule has 2 heterocycles. The standard InChI is InChI=1S/C19H34N2O3/c1-16-13-21(14-19(24-16)10-6-12-23-15-19)18(22)20-11-5-9-17-7-3-2-4-8-17/h16-17H,2-15H2,1H3,(H,20,22). The molecule has 2 unspecified atom stereocenters. The van der Waals surface area contributed by atoms with Gasteiger partial charge < -0.3 is 19.7 Å². The summed E-state index contributed by atoms with van der Waals surface area (Å²) in [7, 11) is 0. The molecule has 0 aromatic heterocycles. The number of carbonyl (C=O) groups excluding carboxylic acids is 1. The van der Waals surface area contributed by atoms with Gasteiger partial charge in [0.2, 0.25) is 0 Å². The second-order valence-electron chi connectivity index (χ2n) is 8.03. The molecular weight excluding hydrogens is 304 g/mol. The maximum absolute atomic E-state index is 12.5. The highest BCUT2D eigenvalue weighted by molar-refractivity contribution is 5.74. The molecule has 3 aliphatic rings. The number of morpholine rings is 1. The van der Waals surface area contributed by atoms with Crippen LogP contribution in [0, 0.1) is 5.92 Å². The highest BCUT2D eigenvalue weighted by Crippen LogP contribution is 2.30. The Labute approximate surface area is 146 Å². The average Bonchev–Trinajstić information content (AvgIpc) is 2.59. The first-order valence-corrected chi connectivity index (χ1v) is 9.95. The maximum Gasteiger partial charge on any atom is 0.317 e. The number of nitrogens with one attached hydrogen (secondary N) is 1. The number of hydrogen-bond acceptors (Lipinski definition) is 3. The van der Waals surface area contributed by atoms with Crippen LogP contribution in [-0.4, -0.2) is 55.5 Å². The van der Waals surface area contributed by atoms with Gasteiger partial charge in [0.1, 0.15) is 5.60 Å². The van der Waals surface area contributed by atoms with Crippen LogP contribution in [-0.2, 0) is 9.47 Å². The molecule has 0 aromatic rings. The summed E-state index contributed by atoms with van der Waals surface area (Å²) in [6, 6.07) is 0.0683. The number of amides is 2. The third kappa shape index (κ3) is 4.85. The van der Waals surface area contributed by atoms with E-state index in [0.29, 0.717) is 19.7 Å². The van der Waals surface area contributed by atoms with Gasteiger partial charge in [-0.3, -0.25) is 0 Å². The van der Waals surface area contributed by atoms with Crippen LogP contribution < -0.4 is 5.32 Å². The first-order valence-electron chi connectivity index (χ1n) is 9.95. The van der Waals surface area contributed by atoms with E-state index < -0.39 is 0 Å². The lowest BCUT2D eigenvalue weighted by atomic mass is 9.86. The molecule has 2 aliphatic heterocycles. The molecule has 2 atom stereocenters. The zero-order valence-corrected chi connectivity index (χ0v) is 15.2. The van der Waals surface area contributed by atoms with E-state index in [-0.39, 0.29) is 17.7 Å². The predicted octanol–water partition coefficient (Wildman–Crippen LogP) is 3.33. The van der Waals surface area contributed by atoms with Crippen molar-refractivity contribution >= 4 is 6.03 Å². The third-order valence-electron chi connectivity index (χ3n) is 5.77. The topological polar surface area (TPSA) is 50.8 Å². The minimum Gasteiger partial charge on any atom is -0.378 e. The lowest BCUT2D eigenvalue weighted by Gasteiger charge is -2.47. The maximum atomic E-state index is 12.5. The van der Waals surface area contributed by atoms with Gasteiger partial charge in [0.25, 0.3) is 0 Å². The third-order valence-corrected chi connectivity index (χ3v) is 5.77. The van der Waals surface area contributed by atoms with Crippen molar-refractivity contribution in [1.82, 2.24) is 10.2 Å². The fourth-order valence-corrected chi connectivity index (χ4v) is 4.60. The quantitative estimate of drug-likeness (QED) is 0.800. The highest BCUT2D eigenvalue weighted by atomic mass is 16.6. The minimum absolute atomic E-state index is 0.0683. The second kappa shape index (κ2) is 8.52. The summed E-state index contributed by atoms with van der Waals surface area (Å²) in [6.07, 6.45) is 11.4. The average molecular weight is 338 g/mol. The Kier molecular flexibility index (Phi) is 6.39. The summed E-state index contributed by atoms with van der Waals surface area (Å²) in [5.41, 5.74) is -0.282. The van der Waals surface area contributed by atoms with E-state index in [1.165, 1.54) is 38.5 Å². The van der Waals surface area contributed by atoms with Crippen LogP contribution in [0.2, 0.25) is 0 Å². The predicted molar refractivity (Wildman–Crippen MR) is 94.1 cm³/mol. The normalized spacial score (nSPS) is 32.0. The van der Waals surface area contributed by atoms with E-state index >= 15 is 0 Å². The van der Waals surface area contributed by atoms with Gasteiger partial charge in [0.15, 0.2) is 0 Å². The van der Waals surface area contributed by atoms with Crippen molar-refractivity contribution in [3.8, 4) is 0 Å². The first kappa shape index (κ1) is 18.0. The van der Waals surface area contributed by atoms with Crippen LogP contribution in [0.15, 0.2) is 0 Å². The molecule has 5 nitrogen and oxygen atoms in total. The molecule has 2 saturated heterocycles. The van der Waals surface area contributed by atoms with E-state index in [4.69, 9.17) is 9.47 Å². The van der Waals surface area contributed by atoms with Crippen molar-refractivity contribution in [3.63, 3.8) is 0 Å². The van der Waals surface area contributed by atoms with Gasteiger partial charge in [-0.1, -0.05) is 32.1 Å². The molecule has 138 valence electrons. The first-order chi connectivity index (χ1) is 11.7. The molecule has 3 rings (SSSR count). The summed E-state index contributed by atoms with van der Waals surface area (Å²) in [4.78, 5) is 14.5. The molecule has 1 aliphatic carbocycles. The summed E-state index contributed by atoms with van der Waals surface area (Å²) in [5.74, 6) is 0.890. The zero-order chi connectivity index (χ0) is 16.8. The van der Waals surface area contributed by atoms with E-state index in [2.05, 4.69) is 12.2 Å². The van der Waals surface area contributed by atoms with E-state index in [1.54, 1.807) is 0 Å². The summed E-state index contributed by atoms with van der Waals surface area (Å²) >= 11 is 0. The van der Waals surface area contributed by atoms with Gasteiger partial charge in [-0.05, 0) is 38.5 Å². The van der Waals surface area contributed by atoms with Crippen LogP contribution in [0.4, 0.5) is 4.79 Å². The van der Waals surface area contributed by atoms with Crippen LogP contribution >= 0.6 is 0 Å². The Balaban J connectivity index is 1.40. The zero-order valence-electron chi connectivity index (χ0n) is 15.2. The fraction of sp³-hybridized carbons (Fsp3) is 0.947. The van der Waals surface area contributed by atoms with Gasteiger partial charge in [-0.2, -0.15) is 0 Å². The Morgan fingerprint density at radius 1 is 1.25 bits per heavy atom. The van der Waals surface area contributed by atoms with Crippen molar-refractivity contribution in [3.05, 3.63) is 0 Å². The van der Waals surface area contributed by atoms with Gasteiger partial charge in [-0.15, -0.1) is 0 Å². The molecule has 1 saturated carbocycles. The molecule has 5 heteroatoms. The Bertz CT molecular complexity index is 403. The Morgan fingerprint density at radius 2 is 2.08 bits per heavy atom. The van der Waals surface area contributed by atoms with Crippen molar-refractivity contribution in [2.45, 2.75) is 76.4 Å². The van der Waals surface area contributed by atoms with Crippen molar-refractivity contribution in [2.24, 2.45) is 5.92 Å². The van der Waals surface area contributed by atoms with Crippen molar-refractivity contribution in [2.75, 3.05) is 32.8 Å². The molecule has 2 amide bonds. The molecule has 0 radical (unpaired) electrons. The van der Waals surface area contributed by atoms with E-state index in [9.17, 15) is 4.79 Å². The molecular formula is C19H34N2O3. The molecule has 24 heavy (non-hydrogen) atoms. The number of hydrogen-bond donors (Lipinski definition) is 1. The van der Waals surface area contributed by atoms with Crippen molar-refractivity contribution in [1.29, 1.82) is 0 Å². The largest absolute Gasteiger partial charge is 0.378 e. The summed E-state index contributed by atoms with van der Waals surface area (Å²) in [5, 5.41) is 3.13. The van der Waals surface area contributed by atoms with Crippen LogP contribution in [0.3, 0.4) is 0 Å². The number of rotatable bonds is 4. The molecule has 0 bridgehead atoms. The Morgan fingerprint density at radius 3 is 2.83 bits per heavy atom. The van der Waals surface area contributed by atoms with E-state index in [1.807, 2.05) is 4.90 Å². The highest BCUT2D eigenvalue weighted by Gasteiger charge is 2.42. The molecule has 1 N–H and O–H groups in total.